The lowest BCUT2D eigenvalue weighted by Gasteiger charge is -2.17. The number of hydrogen-bond donors (Lipinski definition) is 4. The number of unbranched alkanes of at least 4 members (excludes halogenated alkanes) is 2. The number of aldehydes is 1. The van der Waals surface area contributed by atoms with Crippen molar-refractivity contribution in [2.75, 3.05) is 32.3 Å². The molecule has 0 spiro atoms. The molecule has 2 aromatic rings. The number of nitrogens with one attached hydrogen (secondary N) is 1. The minimum Gasteiger partial charge on any atom is -0.483 e. The fourth-order valence-corrected chi connectivity index (χ4v) is 4.95. The van der Waals surface area contributed by atoms with Crippen LogP contribution in [0.1, 0.15) is 88.4 Å². The number of carbonyl (C=O) groups is 2. The highest BCUT2D eigenvalue weighted by molar-refractivity contribution is 5.70. The molecular weight excluding hydrogens is 607 g/mol. The second-order valence-electron chi connectivity index (χ2n) is 11.6. The predicted octanol–water partition coefficient (Wildman–Crippen LogP) is 8.53. The molecule has 0 amide bonds. The van der Waals surface area contributed by atoms with Crippen LogP contribution in [0.15, 0.2) is 89.5 Å². The minimum absolute atomic E-state index is 0.0118. The summed E-state index contributed by atoms with van der Waals surface area (Å²) in [5.74, 6) is 0.412. The number of halogens is 1. The summed E-state index contributed by atoms with van der Waals surface area (Å²) in [5, 5.41) is 28.8. The number of benzene rings is 2. The van der Waals surface area contributed by atoms with Crippen LogP contribution in [0, 0.1) is 11.8 Å². The summed E-state index contributed by atoms with van der Waals surface area (Å²) < 4.78 is 11.9. The van der Waals surface area contributed by atoms with Gasteiger partial charge in [0.2, 0.25) is 0 Å². The normalized spacial score (nSPS) is 13.4. The van der Waals surface area contributed by atoms with Crippen LogP contribution in [-0.4, -0.2) is 61.2 Å². The standard InChI is InChI=1S/C27H38N2O.C12H19FO2.CH2O2/c1-22(21-30)9-8-11-25-12-16-26(17-13-25)23(2)29-27-18-14-24(15-19-27)10-6-4-5-7-20-28-3;1-2-11(7-5-8-13)12(10-15)6-3-4-9-14;2-1-3/h5,7,12-20,22-23,29-30H,4,6,8-11,21H2,1-3H3;2,5,7,9,12,15H,3-4,6,8,10H2,1H3;1H,(H,2,3)/b7-5-,28-20?;7-5-,11-2+;. The molecule has 48 heavy (non-hydrogen) atoms. The van der Waals surface area contributed by atoms with Crippen molar-refractivity contribution in [3.8, 4) is 0 Å². The predicted molar refractivity (Wildman–Crippen MR) is 199 cm³/mol. The first-order valence-corrected chi connectivity index (χ1v) is 17.0. The topological polar surface area (TPSA) is 119 Å². The number of rotatable bonds is 21. The molecule has 0 heterocycles. The number of nitrogens with zero attached hydrogens (tertiary/aromatic N) is 1. The van der Waals surface area contributed by atoms with Crippen molar-refractivity contribution >= 4 is 24.7 Å². The van der Waals surface area contributed by atoms with E-state index in [1.54, 1.807) is 13.1 Å². The Balaban J connectivity index is 0.00000103. The summed E-state index contributed by atoms with van der Waals surface area (Å²) in [6, 6.07) is 18.0. The number of aliphatic hydroxyl groups is 2. The molecule has 3 atom stereocenters. The molecule has 0 saturated heterocycles. The second kappa shape index (κ2) is 30.5. The number of carbonyl (C=O) groups excluding carboxylic acids is 1. The van der Waals surface area contributed by atoms with Crippen molar-refractivity contribution in [3.63, 3.8) is 0 Å². The Morgan fingerprint density at radius 1 is 0.875 bits per heavy atom. The van der Waals surface area contributed by atoms with Crippen LogP contribution >= 0.6 is 0 Å². The van der Waals surface area contributed by atoms with E-state index < -0.39 is 6.67 Å². The van der Waals surface area contributed by atoms with Crippen LogP contribution in [0.4, 0.5) is 10.1 Å². The maximum Gasteiger partial charge on any atom is 0.290 e. The Bertz CT molecular complexity index is 1190. The lowest BCUT2D eigenvalue weighted by Crippen LogP contribution is -2.08. The Hall–Kier alpha value is -3.88. The van der Waals surface area contributed by atoms with Crippen molar-refractivity contribution in [1.29, 1.82) is 0 Å². The van der Waals surface area contributed by atoms with Crippen molar-refractivity contribution < 1.29 is 29.3 Å². The lowest BCUT2D eigenvalue weighted by molar-refractivity contribution is -0.122. The third kappa shape index (κ3) is 21.8. The number of aliphatic hydroxyl groups excluding tert-OH is 2. The molecule has 8 heteroatoms. The average Bonchev–Trinajstić information content (AvgIpc) is 3.10. The molecule has 0 aliphatic rings. The SMILES string of the molecule is C/C=C(\C=C/CF)C(CO)CCCC=O.CN=C/C=C\CCCc1ccc(NC(C)c2ccc(CCCC(C)CO)cc2)cc1.O=CO. The first-order valence-electron chi connectivity index (χ1n) is 17.0. The Labute approximate surface area is 288 Å². The van der Waals surface area contributed by atoms with Gasteiger partial charge in [0.15, 0.2) is 0 Å². The minimum atomic E-state index is -0.496. The number of anilines is 1. The molecule has 0 aliphatic heterocycles. The summed E-state index contributed by atoms with van der Waals surface area (Å²) in [5.41, 5.74) is 6.14. The molecule has 0 aromatic heterocycles. The van der Waals surface area contributed by atoms with Crippen LogP contribution in [0.5, 0.6) is 0 Å². The molecule has 0 radical (unpaired) electrons. The number of allylic oxidation sites excluding steroid dienone is 5. The fourth-order valence-electron chi connectivity index (χ4n) is 4.95. The lowest BCUT2D eigenvalue weighted by atomic mass is 9.93. The fraction of sp³-hybridized carbons (Fsp3) is 0.475. The molecule has 4 N–H and O–H groups in total. The van der Waals surface area contributed by atoms with Gasteiger partial charge in [0, 0.05) is 50.5 Å². The van der Waals surface area contributed by atoms with Crippen molar-refractivity contribution in [2.24, 2.45) is 16.8 Å². The van der Waals surface area contributed by atoms with Gasteiger partial charge in [-0.1, -0.05) is 67.6 Å². The highest BCUT2D eigenvalue weighted by Gasteiger charge is 2.10. The smallest absolute Gasteiger partial charge is 0.290 e. The Morgan fingerprint density at radius 3 is 2.04 bits per heavy atom. The summed E-state index contributed by atoms with van der Waals surface area (Å²) in [4.78, 5) is 22.5. The number of aryl methyl sites for hydroxylation is 2. The van der Waals surface area contributed by atoms with Gasteiger partial charge in [0.05, 0.1) is 0 Å². The maximum atomic E-state index is 11.9. The first kappa shape index (κ1) is 44.1. The van der Waals surface area contributed by atoms with E-state index in [9.17, 15) is 9.18 Å². The quantitative estimate of drug-likeness (QED) is 0.0459. The van der Waals surface area contributed by atoms with Gasteiger partial charge < -0.3 is 25.4 Å². The Kier molecular flexibility index (Phi) is 28.0. The van der Waals surface area contributed by atoms with E-state index in [0.29, 0.717) is 12.3 Å². The van der Waals surface area contributed by atoms with Gasteiger partial charge in [-0.15, -0.1) is 0 Å². The number of carboxylic acid groups (broad SMARTS) is 1. The van der Waals surface area contributed by atoms with E-state index in [-0.39, 0.29) is 31.6 Å². The van der Waals surface area contributed by atoms with Crippen molar-refractivity contribution in [1.82, 2.24) is 0 Å². The highest BCUT2D eigenvalue weighted by Crippen LogP contribution is 2.22. The van der Waals surface area contributed by atoms with E-state index in [0.717, 1.165) is 68.9 Å². The average molecular weight is 667 g/mol. The summed E-state index contributed by atoms with van der Waals surface area (Å²) in [7, 11) is 1.79. The molecule has 0 saturated carbocycles. The van der Waals surface area contributed by atoms with E-state index in [1.165, 1.54) is 22.8 Å². The number of alkyl halides is 1. The van der Waals surface area contributed by atoms with Gasteiger partial charge in [0.1, 0.15) is 13.0 Å². The molecule has 0 fully saturated rings. The first-order chi connectivity index (χ1) is 23.3. The van der Waals surface area contributed by atoms with Gasteiger partial charge in [-0.3, -0.25) is 9.79 Å². The highest BCUT2D eigenvalue weighted by atomic mass is 19.1. The van der Waals surface area contributed by atoms with Crippen LogP contribution in [-0.2, 0) is 22.4 Å². The monoisotopic (exact) mass is 666 g/mol. The van der Waals surface area contributed by atoms with Gasteiger partial charge in [-0.25, -0.2) is 4.39 Å². The molecule has 2 aromatic carbocycles. The van der Waals surface area contributed by atoms with Crippen LogP contribution < -0.4 is 5.32 Å². The van der Waals surface area contributed by atoms with Crippen molar-refractivity contribution in [2.45, 2.75) is 84.6 Å². The largest absolute Gasteiger partial charge is 0.483 e. The summed E-state index contributed by atoms with van der Waals surface area (Å²) in [6.45, 7) is 5.75. The summed E-state index contributed by atoms with van der Waals surface area (Å²) in [6.07, 6.45) is 20.5. The molecule has 7 nitrogen and oxygen atoms in total. The van der Waals surface area contributed by atoms with Crippen LogP contribution in [0.3, 0.4) is 0 Å². The molecular formula is C40H59FN2O5. The second-order valence-corrected chi connectivity index (χ2v) is 11.6. The molecule has 2 rings (SSSR count). The third-order valence-corrected chi connectivity index (χ3v) is 7.80. The maximum absolute atomic E-state index is 11.9. The van der Waals surface area contributed by atoms with Gasteiger partial charge in [-0.05, 0) is 112 Å². The third-order valence-electron chi connectivity index (χ3n) is 7.80. The molecule has 3 unspecified atom stereocenters. The number of hydrogen-bond acceptors (Lipinski definition) is 6. The molecule has 266 valence electrons. The van der Waals surface area contributed by atoms with Crippen LogP contribution in [0.25, 0.3) is 0 Å². The van der Waals surface area contributed by atoms with Crippen molar-refractivity contribution in [3.05, 3.63) is 101 Å². The number of aliphatic imine (C=N–C) groups is 1. The zero-order chi connectivity index (χ0) is 35.8. The van der Waals surface area contributed by atoms with Crippen LogP contribution in [0.2, 0.25) is 0 Å². The van der Waals surface area contributed by atoms with Gasteiger partial charge >= 0.3 is 0 Å². The van der Waals surface area contributed by atoms with E-state index in [1.807, 2.05) is 25.3 Å². The van der Waals surface area contributed by atoms with Gasteiger partial charge in [-0.2, -0.15) is 0 Å². The molecule has 0 aliphatic carbocycles. The summed E-state index contributed by atoms with van der Waals surface area (Å²) >= 11 is 0. The molecule has 0 bridgehead atoms. The Morgan fingerprint density at radius 2 is 1.50 bits per heavy atom. The zero-order valence-electron chi connectivity index (χ0n) is 29.4. The van der Waals surface area contributed by atoms with Gasteiger partial charge in [0.25, 0.3) is 6.47 Å². The van der Waals surface area contributed by atoms with E-state index in [2.05, 4.69) is 78.8 Å². The van der Waals surface area contributed by atoms with E-state index >= 15 is 0 Å². The van der Waals surface area contributed by atoms with E-state index in [4.69, 9.17) is 20.1 Å². The zero-order valence-corrected chi connectivity index (χ0v) is 29.4.